The van der Waals surface area contributed by atoms with Crippen molar-refractivity contribution in [3.05, 3.63) is 23.0 Å². The molecule has 2 rings (SSSR count). The van der Waals surface area contributed by atoms with Crippen LogP contribution in [0.2, 0.25) is 0 Å². The average molecular weight is 304 g/mol. The first-order valence-corrected chi connectivity index (χ1v) is 5.53. The molecule has 0 aromatic carbocycles. The van der Waals surface area contributed by atoms with Crippen LogP contribution in [0, 0.1) is 11.3 Å². The lowest BCUT2D eigenvalue weighted by atomic mass is 9.98. The first kappa shape index (κ1) is 16.5. The van der Waals surface area contributed by atoms with Gasteiger partial charge >= 0.3 is 12.1 Å². The van der Waals surface area contributed by atoms with Gasteiger partial charge in [0, 0.05) is 5.57 Å². The summed E-state index contributed by atoms with van der Waals surface area (Å²) in [5.74, 6) is -2.45. The Balaban J connectivity index is 0.000000270. The number of allylic oxidation sites excluding steroid dienone is 1. The second-order valence-electron chi connectivity index (χ2n) is 3.97. The molecule has 1 unspecified atom stereocenters. The number of hydrogen-bond donors (Lipinski definition) is 3. The Morgan fingerprint density at radius 1 is 1.67 bits per heavy atom. The number of alkyl halides is 3. The molecule has 0 saturated heterocycles. The number of aliphatic carboxylic acids is 1. The number of nitrogens with one attached hydrogen (secondary N) is 1. The highest BCUT2D eigenvalue weighted by molar-refractivity contribution is 6.07. The van der Waals surface area contributed by atoms with Gasteiger partial charge in [0.05, 0.1) is 18.4 Å². The van der Waals surface area contributed by atoms with Crippen LogP contribution in [0.25, 0.3) is 0 Å². The minimum atomic E-state index is -5.08. The molecule has 4 N–H and O–H groups in total. The fraction of sp³-hybridized carbons (Fsp3) is 0.364. The van der Waals surface area contributed by atoms with Crippen LogP contribution in [0.1, 0.15) is 6.92 Å². The predicted molar refractivity (Wildman–Crippen MR) is 64.6 cm³/mol. The zero-order valence-corrected chi connectivity index (χ0v) is 10.7. The van der Waals surface area contributed by atoms with Crippen LogP contribution in [-0.2, 0) is 9.53 Å². The lowest BCUT2D eigenvalue weighted by Crippen LogP contribution is -2.32. The lowest BCUT2D eigenvalue weighted by molar-refractivity contribution is -0.192. The summed E-state index contributed by atoms with van der Waals surface area (Å²) in [6, 6.07) is 2.06. The topological polar surface area (TPSA) is 121 Å². The lowest BCUT2D eigenvalue weighted by Gasteiger charge is -2.24. The maximum Gasteiger partial charge on any atom is 0.490 e. The molecule has 0 radical (unpaired) electrons. The second-order valence-corrected chi connectivity index (χ2v) is 3.97. The zero-order valence-electron chi connectivity index (χ0n) is 10.7. The number of carboxylic acid groups (broad SMARTS) is 1. The number of fused-ring (bicyclic) bond motifs is 1. The van der Waals surface area contributed by atoms with Gasteiger partial charge in [0.15, 0.2) is 0 Å². The van der Waals surface area contributed by atoms with E-state index in [2.05, 4.69) is 16.6 Å². The molecule has 0 amide bonds. The number of nitrogens with zero attached hydrogens (tertiary/aromatic N) is 2. The standard InChI is InChI=1S/C9H10N4O.C2HF3O2/c1-5-2-6-7(3-10)9(11)13-12-8(6)4-14-5;3-2(4,5)1(6)7/h2,5,13H,4,11H2,1H3;(H,6,7). The molecular weight excluding hydrogens is 293 g/mol. The third kappa shape index (κ3) is 4.22. The van der Waals surface area contributed by atoms with E-state index in [0.29, 0.717) is 18.0 Å². The number of nitriles is 1. The maximum atomic E-state index is 10.6. The predicted octanol–water partition coefficient (Wildman–Crippen LogP) is 0.618. The number of ether oxygens (including phenoxy) is 1. The van der Waals surface area contributed by atoms with Crippen LogP contribution in [0.3, 0.4) is 0 Å². The van der Waals surface area contributed by atoms with E-state index in [9.17, 15) is 13.2 Å². The fourth-order valence-corrected chi connectivity index (χ4v) is 1.44. The minimum Gasteiger partial charge on any atom is -0.475 e. The van der Waals surface area contributed by atoms with Crippen LogP contribution in [0.4, 0.5) is 13.2 Å². The van der Waals surface area contributed by atoms with Gasteiger partial charge in [0.25, 0.3) is 0 Å². The van der Waals surface area contributed by atoms with Crippen molar-refractivity contribution in [2.45, 2.75) is 19.2 Å². The van der Waals surface area contributed by atoms with E-state index in [0.717, 1.165) is 11.3 Å². The Labute approximate surface area is 117 Å². The molecule has 2 aliphatic rings. The summed E-state index contributed by atoms with van der Waals surface area (Å²) >= 11 is 0. The first-order valence-electron chi connectivity index (χ1n) is 5.53. The van der Waals surface area contributed by atoms with Crippen molar-refractivity contribution in [2.75, 3.05) is 6.61 Å². The van der Waals surface area contributed by atoms with Crippen LogP contribution < -0.4 is 11.2 Å². The smallest absolute Gasteiger partial charge is 0.475 e. The van der Waals surface area contributed by atoms with Crippen LogP contribution in [0.15, 0.2) is 28.1 Å². The van der Waals surface area contributed by atoms with Crippen molar-refractivity contribution < 1.29 is 27.8 Å². The van der Waals surface area contributed by atoms with E-state index >= 15 is 0 Å². The van der Waals surface area contributed by atoms with E-state index in [1.807, 2.05) is 13.0 Å². The number of carbonyl (C=O) groups is 1. The average Bonchev–Trinajstić information content (AvgIpc) is 2.38. The quantitative estimate of drug-likeness (QED) is 0.603. The Morgan fingerprint density at radius 2 is 2.24 bits per heavy atom. The summed E-state index contributed by atoms with van der Waals surface area (Å²) in [6.45, 7) is 2.33. The third-order valence-corrected chi connectivity index (χ3v) is 2.40. The van der Waals surface area contributed by atoms with Gasteiger partial charge in [-0.1, -0.05) is 0 Å². The number of carboxylic acids is 1. The van der Waals surface area contributed by atoms with Gasteiger partial charge in [-0.25, -0.2) is 4.79 Å². The minimum absolute atomic E-state index is 0.00167. The number of rotatable bonds is 0. The third-order valence-electron chi connectivity index (χ3n) is 2.40. The second kappa shape index (κ2) is 6.27. The van der Waals surface area contributed by atoms with Crippen molar-refractivity contribution in [3.63, 3.8) is 0 Å². The SMILES string of the molecule is CC1C=C2C(=NNC(N)=C2C#N)CO1.O=C(O)C(F)(F)F. The number of hydrogen-bond acceptors (Lipinski definition) is 6. The molecule has 0 bridgehead atoms. The summed E-state index contributed by atoms with van der Waals surface area (Å²) in [5, 5.41) is 20.1. The van der Waals surface area contributed by atoms with Crippen LogP contribution in [0.5, 0.6) is 0 Å². The summed E-state index contributed by atoms with van der Waals surface area (Å²) in [7, 11) is 0. The normalized spacial score (nSPS) is 20.8. The van der Waals surface area contributed by atoms with Crippen molar-refractivity contribution in [1.29, 1.82) is 5.26 Å². The van der Waals surface area contributed by atoms with Crippen molar-refractivity contribution in [1.82, 2.24) is 5.43 Å². The monoisotopic (exact) mass is 304 g/mol. The zero-order chi connectivity index (χ0) is 16.2. The Hall–Kier alpha value is -2.54. The summed E-state index contributed by atoms with van der Waals surface area (Å²) in [6.07, 6.45) is -3.23. The molecule has 0 saturated carbocycles. The van der Waals surface area contributed by atoms with Gasteiger partial charge in [-0.05, 0) is 13.0 Å². The molecule has 7 nitrogen and oxygen atoms in total. The molecule has 2 aliphatic heterocycles. The molecule has 0 aromatic heterocycles. The molecule has 0 spiro atoms. The van der Waals surface area contributed by atoms with E-state index in [-0.39, 0.29) is 6.10 Å². The van der Waals surface area contributed by atoms with Gasteiger partial charge in [0.2, 0.25) is 0 Å². The van der Waals surface area contributed by atoms with Gasteiger partial charge < -0.3 is 15.6 Å². The number of nitrogens with two attached hydrogens (primary N) is 1. The molecule has 114 valence electrons. The van der Waals surface area contributed by atoms with Gasteiger partial charge in [0.1, 0.15) is 17.5 Å². The highest BCUT2D eigenvalue weighted by Crippen LogP contribution is 2.21. The van der Waals surface area contributed by atoms with Gasteiger partial charge in [-0.2, -0.15) is 23.5 Å². The van der Waals surface area contributed by atoms with E-state index in [4.69, 9.17) is 25.6 Å². The Kier molecular flexibility index (Phi) is 4.93. The van der Waals surface area contributed by atoms with Crippen molar-refractivity contribution in [3.8, 4) is 6.07 Å². The largest absolute Gasteiger partial charge is 0.490 e. The molecule has 0 fully saturated rings. The highest BCUT2D eigenvalue weighted by atomic mass is 19.4. The van der Waals surface area contributed by atoms with E-state index in [1.165, 1.54) is 0 Å². The molecule has 10 heteroatoms. The number of halogens is 3. The molecule has 0 aliphatic carbocycles. The molecule has 1 atom stereocenters. The highest BCUT2D eigenvalue weighted by Gasteiger charge is 2.38. The molecule has 0 aromatic rings. The van der Waals surface area contributed by atoms with E-state index in [1.54, 1.807) is 0 Å². The Bertz CT molecular complexity index is 572. The van der Waals surface area contributed by atoms with Gasteiger partial charge in [-0.3, -0.25) is 5.43 Å². The molecule has 21 heavy (non-hydrogen) atoms. The first-order chi connectivity index (χ1) is 9.66. The van der Waals surface area contributed by atoms with Crippen LogP contribution >= 0.6 is 0 Å². The summed E-state index contributed by atoms with van der Waals surface area (Å²) in [4.78, 5) is 8.90. The van der Waals surface area contributed by atoms with Gasteiger partial charge in [-0.15, -0.1) is 0 Å². The molecular formula is C11H11F3N4O3. The number of hydrazone groups is 1. The fourth-order valence-electron chi connectivity index (χ4n) is 1.44. The maximum absolute atomic E-state index is 10.6. The van der Waals surface area contributed by atoms with Crippen molar-refractivity contribution >= 4 is 11.7 Å². The van der Waals surface area contributed by atoms with Crippen LogP contribution in [-0.4, -0.2) is 35.7 Å². The Morgan fingerprint density at radius 3 is 2.71 bits per heavy atom. The summed E-state index contributed by atoms with van der Waals surface area (Å²) < 4.78 is 37.1. The summed E-state index contributed by atoms with van der Waals surface area (Å²) in [5.41, 5.74) is 10.2. The van der Waals surface area contributed by atoms with Crippen molar-refractivity contribution in [2.24, 2.45) is 10.8 Å². The molecule has 2 heterocycles. The van der Waals surface area contributed by atoms with E-state index < -0.39 is 12.1 Å².